The van der Waals surface area contributed by atoms with Gasteiger partial charge in [0.1, 0.15) is 0 Å². The molecular formula is C15H25Cl2N3O3S. The molecule has 0 bridgehead atoms. The van der Waals surface area contributed by atoms with Crippen LogP contribution in [-0.4, -0.2) is 63.0 Å². The normalized spacial score (nSPS) is 17.9. The van der Waals surface area contributed by atoms with Crippen LogP contribution < -0.4 is 11.1 Å². The number of sulfone groups is 1. The third kappa shape index (κ3) is 7.81. The van der Waals surface area contributed by atoms with Crippen molar-refractivity contribution in [3.05, 3.63) is 35.9 Å². The van der Waals surface area contributed by atoms with Gasteiger partial charge in [-0.25, -0.2) is 8.42 Å². The van der Waals surface area contributed by atoms with Crippen LogP contribution in [0.15, 0.2) is 30.3 Å². The number of halogens is 2. The first-order chi connectivity index (χ1) is 10.5. The third-order valence-corrected chi connectivity index (χ3v) is 5.41. The number of carbonyl (C=O) groups excluding carboxylic acids is 1. The largest absolute Gasteiger partial charge is 0.353 e. The predicted octanol–water partition coefficient (Wildman–Crippen LogP) is 0.247. The van der Waals surface area contributed by atoms with E-state index in [9.17, 15) is 13.2 Å². The highest BCUT2D eigenvalue weighted by molar-refractivity contribution is 7.91. The molecule has 1 atom stereocenters. The van der Waals surface area contributed by atoms with Crippen LogP contribution in [0.4, 0.5) is 0 Å². The van der Waals surface area contributed by atoms with Crippen LogP contribution >= 0.6 is 24.8 Å². The molecule has 1 aromatic carbocycles. The zero-order valence-electron chi connectivity index (χ0n) is 13.4. The second kappa shape index (κ2) is 10.9. The Bertz CT molecular complexity index is 585. The lowest BCUT2D eigenvalue weighted by atomic mass is 10.1. The Hall–Kier alpha value is -0.860. The van der Waals surface area contributed by atoms with E-state index in [2.05, 4.69) is 5.32 Å². The van der Waals surface area contributed by atoms with E-state index in [1.54, 1.807) is 0 Å². The Morgan fingerprint density at radius 2 is 1.75 bits per heavy atom. The molecule has 0 saturated carbocycles. The number of nitrogens with one attached hydrogen (secondary N) is 1. The van der Waals surface area contributed by atoms with E-state index in [0.29, 0.717) is 32.6 Å². The first-order valence-corrected chi connectivity index (χ1v) is 9.28. The van der Waals surface area contributed by atoms with Crippen LogP contribution in [0.5, 0.6) is 0 Å². The minimum atomic E-state index is -2.85. The smallest absolute Gasteiger partial charge is 0.237 e. The Balaban J connectivity index is 0.00000264. The van der Waals surface area contributed by atoms with Crippen molar-refractivity contribution in [3.63, 3.8) is 0 Å². The lowest BCUT2D eigenvalue weighted by Gasteiger charge is -2.26. The summed E-state index contributed by atoms with van der Waals surface area (Å²) in [6.45, 7) is 2.21. The Labute approximate surface area is 155 Å². The lowest BCUT2D eigenvalue weighted by Crippen LogP contribution is -2.47. The number of carbonyl (C=O) groups is 1. The van der Waals surface area contributed by atoms with Crippen LogP contribution in [0.3, 0.4) is 0 Å². The summed E-state index contributed by atoms with van der Waals surface area (Å²) in [7, 11) is -2.85. The predicted molar refractivity (Wildman–Crippen MR) is 101 cm³/mol. The van der Waals surface area contributed by atoms with Gasteiger partial charge in [0.05, 0.1) is 17.5 Å². The van der Waals surface area contributed by atoms with Crippen molar-refractivity contribution in [2.24, 2.45) is 5.73 Å². The van der Waals surface area contributed by atoms with E-state index in [4.69, 9.17) is 5.73 Å². The Kier molecular flexibility index (Phi) is 10.5. The van der Waals surface area contributed by atoms with E-state index in [1.807, 2.05) is 35.2 Å². The fourth-order valence-electron chi connectivity index (χ4n) is 2.40. The van der Waals surface area contributed by atoms with E-state index in [1.165, 1.54) is 0 Å². The summed E-state index contributed by atoms with van der Waals surface area (Å²) in [5.41, 5.74) is 6.93. The van der Waals surface area contributed by atoms with Gasteiger partial charge >= 0.3 is 0 Å². The van der Waals surface area contributed by atoms with Gasteiger partial charge in [-0.2, -0.15) is 0 Å². The molecule has 0 aromatic heterocycles. The van der Waals surface area contributed by atoms with E-state index < -0.39 is 15.9 Å². The van der Waals surface area contributed by atoms with Crippen LogP contribution in [0.1, 0.15) is 5.56 Å². The van der Waals surface area contributed by atoms with E-state index in [0.717, 1.165) is 5.56 Å². The first kappa shape index (κ1) is 23.1. The molecule has 1 heterocycles. The summed E-state index contributed by atoms with van der Waals surface area (Å²) in [6, 6.07) is 9.09. The number of hydrogen-bond acceptors (Lipinski definition) is 5. The van der Waals surface area contributed by atoms with Crippen LogP contribution in [0, 0.1) is 0 Å². The molecule has 6 nitrogen and oxygen atoms in total. The molecule has 1 aromatic rings. The number of hydrogen-bond donors (Lipinski definition) is 2. The highest BCUT2D eigenvalue weighted by Crippen LogP contribution is 2.03. The molecule has 0 radical (unpaired) electrons. The van der Waals surface area contributed by atoms with Crippen molar-refractivity contribution in [3.8, 4) is 0 Å². The van der Waals surface area contributed by atoms with Gasteiger partial charge in [0.15, 0.2) is 9.84 Å². The topological polar surface area (TPSA) is 92.5 Å². The summed E-state index contributed by atoms with van der Waals surface area (Å²) >= 11 is 0. The number of nitrogens with two attached hydrogens (primary N) is 1. The average Bonchev–Trinajstić information content (AvgIpc) is 2.50. The molecule has 1 amide bonds. The van der Waals surface area contributed by atoms with Crippen molar-refractivity contribution in [1.29, 1.82) is 0 Å². The molecule has 138 valence electrons. The Morgan fingerprint density at radius 3 is 2.33 bits per heavy atom. The van der Waals surface area contributed by atoms with E-state index >= 15 is 0 Å². The minimum absolute atomic E-state index is 0. The molecule has 1 saturated heterocycles. The minimum Gasteiger partial charge on any atom is -0.353 e. The monoisotopic (exact) mass is 397 g/mol. The SMILES string of the molecule is Cl.Cl.NC(Cc1ccccc1)C(=O)NCCN1CCS(=O)(=O)CC1. The lowest BCUT2D eigenvalue weighted by molar-refractivity contribution is -0.122. The van der Waals surface area contributed by atoms with Gasteiger partial charge in [-0.1, -0.05) is 30.3 Å². The molecule has 1 aliphatic heterocycles. The average molecular weight is 398 g/mol. The molecule has 0 spiro atoms. The standard InChI is InChI=1S/C15H23N3O3S.2ClH/c16-14(12-13-4-2-1-3-5-13)15(19)17-6-7-18-8-10-22(20,21)11-9-18;;/h1-5,14H,6-12,16H2,(H,17,19);2*1H. The van der Waals surface area contributed by atoms with Crippen molar-refractivity contribution < 1.29 is 13.2 Å². The van der Waals surface area contributed by atoms with Crippen molar-refractivity contribution in [1.82, 2.24) is 10.2 Å². The number of nitrogens with zero attached hydrogens (tertiary/aromatic N) is 1. The van der Waals surface area contributed by atoms with Crippen molar-refractivity contribution in [2.75, 3.05) is 37.7 Å². The van der Waals surface area contributed by atoms with Gasteiger partial charge in [0.2, 0.25) is 5.91 Å². The number of amides is 1. The zero-order chi connectivity index (χ0) is 16.0. The molecule has 2 rings (SSSR count). The summed E-state index contributed by atoms with van der Waals surface area (Å²) in [5, 5.41) is 2.82. The molecule has 1 fully saturated rings. The van der Waals surface area contributed by atoms with Gasteiger partial charge < -0.3 is 11.1 Å². The van der Waals surface area contributed by atoms with Gasteiger partial charge in [-0.15, -0.1) is 24.8 Å². The van der Waals surface area contributed by atoms with E-state index in [-0.39, 0.29) is 42.2 Å². The molecule has 0 aliphatic carbocycles. The zero-order valence-corrected chi connectivity index (χ0v) is 15.8. The van der Waals surface area contributed by atoms with Crippen molar-refractivity contribution >= 4 is 40.6 Å². The van der Waals surface area contributed by atoms with Gasteiger partial charge in [-0.3, -0.25) is 9.69 Å². The molecular weight excluding hydrogens is 373 g/mol. The number of benzene rings is 1. The first-order valence-electron chi connectivity index (χ1n) is 7.46. The molecule has 1 unspecified atom stereocenters. The maximum Gasteiger partial charge on any atom is 0.237 e. The Morgan fingerprint density at radius 1 is 1.17 bits per heavy atom. The summed E-state index contributed by atoms with van der Waals surface area (Å²) in [6.07, 6.45) is 0.509. The van der Waals surface area contributed by atoms with Crippen LogP contribution in [0.25, 0.3) is 0 Å². The summed E-state index contributed by atoms with van der Waals surface area (Å²) < 4.78 is 22.7. The molecule has 3 N–H and O–H groups in total. The van der Waals surface area contributed by atoms with Crippen LogP contribution in [0.2, 0.25) is 0 Å². The van der Waals surface area contributed by atoms with Crippen LogP contribution in [-0.2, 0) is 21.1 Å². The molecule has 24 heavy (non-hydrogen) atoms. The van der Waals surface area contributed by atoms with Gasteiger partial charge in [-0.05, 0) is 12.0 Å². The highest BCUT2D eigenvalue weighted by atomic mass is 35.5. The summed E-state index contributed by atoms with van der Waals surface area (Å²) in [4.78, 5) is 14.0. The third-order valence-electron chi connectivity index (χ3n) is 3.80. The molecule has 1 aliphatic rings. The second-order valence-electron chi connectivity index (χ2n) is 5.58. The highest BCUT2D eigenvalue weighted by Gasteiger charge is 2.21. The molecule has 9 heteroatoms. The number of rotatable bonds is 6. The van der Waals surface area contributed by atoms with Gasteiger partial charge in [0, 0.05) is 26.2 Å². The summed E-state index contributed by atoms with van der Waals surface area (Å²) in [5.74, 6) is 0.233. The second-order valence-corrected chi connectivity index (χ2v) is 7.88. The maximum atomic E-state index is 11.9. The quantitative estimate of drug-likeness (QED) is 0.717. The van der Waals surface area contributed by atoms with Crippen molar-refractivity contribution in [2.45, 2.75) is 12.5 Å². The van der Waals surface area contributed by atoms with Gasteiger partial charge in [0.25, 0.3) is 0 Å². The fraction of sp³-hybridized carbons (Fsp3) is 0.533. The maximum absolute atomic E-state index is 11.9. The fourth-order valence-corrected chi connectivity index (χ4v) is 3.68.